The quantitative estimate of drug-likeness (QED) is 0.267. The number of aliphatic imine (C=N–C) groups is 1. The van der Waals surface area contributed by atoms with Crippen LogP contribution in [0.4, 0.5) is 10.1 Å². The second-order valence-corrected chi connectivity index (χ2v) is 7.40. The number of rotatable bonds is 7. The zero-order valence-electron chi connectivity index (χ0n) is 17.4. The predicted octanol–water partition coefficient (Wildman–Crippen LogP) is 2.98. The summed E-state index contributed by atoms with van der Waals surface area (Å²) < 4.78 is 19.1. The number of benzene rings is 2. The van der Waals surface area contributed by atoms with E-state index in [1.807, 2.05) is 24.4 Å². The summed E-state index contributed by atoms with van der Waals surface area (Å²) in [6, 6.07) is 10.5. The van der Waals surface area contributed by atoms with Crippen LogP contribution in [-0.4, -0.2) is 43.6 Å². The fraction of sp³-hybridized carbons (Fsp3) is 0.304. The largest absolute Gasteiger partial charge is 0.492 e. The summed E-state index contributed by atoms with van der Waals surface area (Å²) >= 11 is 0. The van der Waals surface area contributed by atoms with E-state index in [-0.39, 0.29) is 11.7 Å². The number of ether oxygens (including phenoxy) is 1. The maximum Gasteiger partial charge on any atom is 0.224 e. The maximum absolute atomic E-state index is 13.3. The van der Waals surface area contributed by atoms with Gasteiger partial charge in [-0.25, -0.2) is 4.39 Å². The standard InChI is InChI=1S/C23H26FN5O2/c1-25-23(26-9-8-16-14-28-21-13-17(24)3-5-19(16)21)27-10-11-31-18-4-6-20-15(12-18)2-7-22(30)29-20/h3-6,12-14,28H,2,7-11H2,1H3,(H,29,30)(H2,25,26,27). The molecule has 7 nitrogen and oxygen atoms in total. The molecule has 0 bridgehead atoms. The van der Waals surface area contributed by atoms with E-state index in [4.69, 9.17) is 4.74 Å². The number of H-pyrrole nitrogens is 1. The van der Waals surface area contributed by atoms with Gasteiger partial charge in [0.2, 0.25) is 5.91 Å². The third kappa shape index (κ3) is 5.14. The number of hydrogen-bond donors (Lipinski definition) is 4. The summed E-state index contributed by atoms with van der Waals surface area (Å²) in [5, 5.41) is 10.4. The summed E-state index contributed by atoms with van der Waals surface area (Å²) in [6.07, 6.45) is 3.95. The van der Waals surface area contributed by atoms with Crippen molar-refractivity contribution in [3.8, 4) is 5.75 Å². The fourth-order valence-electron chi connectivity index (χ4n) is 3.69. The highest BCUT2D eigenvalue weighted by Gasteiger charge is 2.15. The zero-order chi connectivity index (χ0) is 21.6. The molecular weight excluding hydrogens is 397 g/mol. The summed E-state index contributed by atoms with van der Waals surface area (Å²) in [7, 11) is 1.72. The van der Waals surface area contributed by atoms with Gasteiger partial charge < -0.3 is 25.7 Å². The third-order valence-electron chi connectivity index (χ3n) is 5.28. The van der Waals surface area contributed by atoms with E-state index in [1.165, 1.54) is 12.1 Å². The van der Waals surface area contributed by atoms with Gasteiger partial charge >= 0.3 is 0 Å². The lowest BCUT2D eigenvalue weighted by atomic mass is 10.0. The normalized spacial score (nSPS) is 13.6. The monoisotopic (exact) mass is 423 g/mol. The number of halogens is 1. The van der Waals surface area contributed by atoms with Crippen LogP contribution in [0.2, 0.25) is 0 Å². The maximum atomic E-state index is 13.3. The Balaban J connectivity index is 1.20. The van der Waals surface area contributed by atoms with Crippen molar-refractivity contribution >= 4 is 28.5 Å². The van der Waals surface area contributed by atoms with Gasteiger partial charge in [-0.3, -0.25) is 9.79 Å². The Labute approximate surface area is 180 Å². The first-order valence-electron chi connectivity index (χ1n) is 10.4. The van der Waals surface area contributed by atoms with Crippen LogP contribution in [0.15, 0.2) is 47.6 Å². The molecule has 0 spiro atoms. The molecule has 3 aromatic rings. The average molecular weight is 423 g/mol. The number of carbonyl (C=O) groups is 1. The minimum atomic E-state index is -0.243. The molecule has 0 saturated carbocycles. The molecule has 0 aliphatic carbocycles. The van der Waals surface area contributed by atoms with Gasteiger partial charge in [-0.15, -0.1) is 0 Å². The molecule has 8 heteroatoms. The van der Waals surface area contributed by atoms with Crippen LogP contribution in [0.25, 0.3) is 10.9 Å². The van der Waals surface area contributed by atoms with Crippen molar-refractivity contribution in [2.45, 2.75) is 19.3 Å². The average Bonchev–Trinajstić information content (AvgIpc) is 3.17. The summed E-state index contributed by atoms with van der Waals surface area (Å²) in [5.41, 5.74) is 3.90. The molecule has 1 aromatic heterocycles. The smallest absolute Gasteiger partial charge is 0.224 e. The highest BCUT2D eigenvalue weighted by molar-refractivity contribution is 5.94. The van der Waals surface area contributed by atoms with Gasteiger partial charge in [-0.05, 0) is 60.4 Å². The fourth-order valence-corrected chi connectivity index (χ4v) is 3.69. The van der Waals surface area contributed by atoms with Crippen LogP contribution in [0, 0.1) is 5.82 Å². The first kappa shape index (κ1) is 20.7. The lowest BCUT2D eigenvalue weighted by molar-refractivity contribution is -0.116. The number of aromatic amines is 1. The van der Waals surface area contributed by atoms with Crippen molar-refractivity contribution < 1.29 is 13.9 Å². The number of nitrogens with zero attached hydrogens (tertiary/aromatic N) is 1. The Morgan fingerprint density at radius 3 is 2.90 bits per heavy atom. The second kappa shape index (κ2) is 9.51. The van der Waals surface area contributed by atoms with Gasteiger partial charge in [0.1, 0.15) is 18.2 Å². The lowest BCUT2D eigenvalue weighted by Crippen LogP contribution is -2.40. The van der Waals surface area contributed by atoms with E-state index in [2.05, 4.69) is 25.9 Å². The van der Waals surface area contributed by atoms with Crippen LogP contribution in [-0.2, 0) is 17.6 Å². The van der Waals surface area contributed by atoms with Crippen molar-refractivity contribution in [2.24, 2.45) is 4.99 Å². The number of amides is 1. The van der Waals surface area contributed by atoms with E-state index in [1.54, 1.807) is 13.1 Å². The van der Waals surface area contributed by atoms with Gasteiger partial charge in [0.15, 0.2) is 5.96 Å². The number of anilines is 1. The number of aryl methyl sites for hydroxylation is 1. The molecule has 4 N–H and O–H groups in total. The number of aromatic nitrogens is 1. The van der Waals surface area contributed by atoms with Gasteiger partial charge in [-0.1, -0.05) is 0 Å². The van der Waals surface area contributed by atoms with Crippen molar-refractivity contribution in [3.05, 3.63) is 59.5 Å². The van der Waals surface area contributed by atoms with E-state index in [0.29, 0.717) is 32.1 Å². The Kier molecular flexibility index (Phi) is 6.35. The number of hydrogen-bond acceptors (Lipinski definition) is 3. The van der Waals surface area contributed by atoms with Crippen LogP contribution >= 0.6 is 0 Å². The molecule has 0 unspecified atom stereocenters. The first-order chi connectivity index (χ1) is 15.1. The second-order valence-electron chi connectivity index (χ2n) is 7.40. The molecule has 1 amide bonds. The Morgan fingerprint density at radius 1 is 1.16 bits per heavy atom. The first-order valence-corrected chi connectivity index (χ1v) is 10.4. The topological polar surface area (TPSA) is 90.5 Å². The number of guanidine groups is 1. The minimum Gasteiger partial charge on any atom is -0.492 e. The number of carbonyl (C=O) groups excluding carboxylic acids is 1. The molecule has 162 valence electrons. The molecular formula is C23H26FN5O2. The van der Waals surface area contributed by atoms with Gasteiger partial charge in [-0.2, -0.15) is 0 Å². The van der Waals surface area contributed by atoms with Crippen molar-refractivity contribution in [1.29, 1.82) is 0 Å². The van der Waals surface area contributed by atoms with Crippen molar-refractivity contribution in [3.63, 3.8) is 0 Å². The number of nitrogens with one attached hydrogen (secondary N) is 4. The van der Waals surface area contributed by atoms with Crippen LogP contribution in [0.3, 0.4) is 0 Å². The third-order valence-corrected chi connectivity index (χ3v) is 5.28. The number of fused-ring (bicyclic) bond motifs is 2. The van der Waals surface area contributed by atoms with Crippen molar-refractivity contribution in [1.82, 2.24) is 15.6 Å². The Hall–Kier alpha value is -3.55. The van der Waals surface area contributed by atoms with Gasteiger partial charge in [0.05, 0.1) is 6.54 Å². The molecule has 0 fully saturated rings. The molecule has 0 radical (unpaired) electrons. The molecule has 2 aromatic carbocycles. The summed E-state index contributed by atoms with van der Waals surface area (Å²) in [6.45, 7) is 1.78. The Bertz CT molecular complexity index is 1110. The zero-order valence-corrected chi connectivity index (χ0v) is 17.4. The predicted molar refractivity (Wildman–Crippen MR) is 120 cm³/mol. The van der Waals surface area contributed by atoms with E-state index < -0.39 is 0 Å². The van der Waals surface area contributed by atoms with Crippen LogP contribution in [0.5, 0.6) is 5.75 Å². The Morgan fingerprint density at radius 2 is 2.03 bits per heavy atom. The van der Waals surface area contributed by atoms with E-state index in [9.17, 15) is 9.18 Å². The van der Waals surface area contributed by atoms with Gasteiger partial charge in [0, 0.05) is 42.8 Å². The molecule has 31 heavy (non-hydrogen) atoms. The summed E-state index contributed by atoms with van der Waals surface area (Å²) in [5.74, 6) is 1.30. The van der Waals surface area contributed by atoms with Crippen LogP contribution < -0.4 is 20.7 Å². The molecule has 2 heterocycles. The van der Waals surface area contributed by atoms with E-state index >= 15 is 0 Å². The molecule has 1 aliphatic rings. The highest BCUT2D eigenvalue weighted by Crippen LogP contribution is 2.26. The lowest BCUT2D eigenvalue weighted by Gasteiger charge is -2.18. The molecule has 0 atom stereocenters. The highest BCUT2D eigenvalue weighted by atomic mass is 19.1. The van der Waals surface area contributed by atoms with E-state index in [0.717, 1.165) is 46.3 Å². The van der Waals surface area contributed by atoms with Crippen LogP contribution in [0.1, 0.15) is 17.5 Å². The molecule has 0 saturated heterocycles. The minimum absolute atomic E-state index is 0.0582. The molecule has 1 aliphatic heterocycles. The molecule has 4 rings (SSSR count). The van der Waals surface area contributed by atoms with Gasteiger partial charge in [0.25, 0.3) is 0 Å². The SMILES string of the molecule is CN=C(NCCOc1ccc2c(c1)CCC(=O)N2)NCCc1c[nH]c2cc(F)ccc12. The van der Waals surface area contributed by atoms with Crippen molar-refractivity contribution in [2.75, 3.05) is 32.1 Å². The summed E-state index contributed by atoms with van der Waals surface area (Å²) in [4.78, 5) is 18.8.